The van der Waals surface area contributed by atoms with E-state index < -0.39 is 17.8 Å². The van der Waals surface area contributed by atoms with Crippen molar-refractivity contribution in [3.8, 4) is 0 Å². The van der Waals surface area contributed by atoms with Crippen molar-refractivity contribution in [2.45, 2.75) is 32.9 Å². The molecule has 5 nitrogen and oxygen atoms in total. The highest BCUT2D eigenvalue weighted by molar-refractivity contribution is 5.86. The molecule has 1 aliphatic rings. The third-order valence-corrected chi connectivity index (χ3v) is 4.94. The van der Waals surface area contributed by atoms with Gasteiger partial charge >= 0.3 is 5.97 Å². The molecular weight excluding hydrogens is 316 g/mol. The first-order valence-corrected chi connectivity index (χ1v) is 8.51. The summed E-state index contributed by atoms with van der Waals surface area (Å²) in [5.74, 6) is -1.92. The van der Waals surface area contributed by atoms with Gasteiger partial charge in [0.15, 0.2) is 0 Å². The average Bonchev–Trinajstić information content (AvgIpc) is 2.55. The van der Waals surface area contributed by atoms with Crippen molar-refractivity contribution in [3.63, 3.8) is 0 Å². The second-order valence-electron chi connectivity index (χ2n) is 6.61. The smallest absolute Gasteiger partial charge is 0.307 e. The molecule has 0 unspecified atom stereocenters. The maximum absolute atomic E-state index is 13.0. The Morgan fingerprint density at radius 1 is 1.12 bits per heavy atom. The monoisotopic (exact) mass is 338 g/mol. The molecule has 1 aliphatic carbocycles. The van der Waals surface area contributed by atoms with Crippen molar-refractivity contribution in [1.29, 1.82) is 0 Å². The van der Waals surface area contributed by atoms with Gasteiger partial charge in [0.1, 0.15) is 0 Å². The van der Waals surface area contributed by atoms with Gasteiger partial charge in [-0.1, -0.05) is 30.3 Å². The Bertz CT molecular complexity index is 761. The van der Waals surface area contributed by atoms with E-state index in [9.17, 15) is 14.7 Å². The van der Waals surface area contributed by atoms with Crippen molar-refractivity contribution in [3.05, 3.63) is 65.5 Å². The molecule has 2 atom stereocenters. The van der Waals surface area contributed by atoms with E-state index in [1.165, 1.54) is 0 Å². The van der Waals surface area contributed by atoms with Gasteiger partial charge in [-0.05, 0) is 42.5 Å². The van der Waals surface area contributed by atoms with Crippen molar-refractivity contribution in [2.75, 3.05) is 0 Å². The Morgan fingerprint density at radius 2 is 1.88 bits per heavy atom. The van der Waals surface area contributed by atoms with Crippen molar-refractivity contribution >= 4 is 11.9 Å². The Kier molecular flexibility index (Phi) is 5.12. The highest BCUT2D eigenvalue weighted by atomic mass is 16.4. The molecule has 1 amide bonds. The predicted octanol–water partition coefficient (Wildman–Crippen LogP) is 3.03. The number of carbonyl (C=O) groups excluding carboxylic acids is 1. The lowest BCUT2D eigenvalue weighted by molar-refractivity contribution is -0.157. The standard InChI is InChI=1S/C20H22N2O3/c1-14-5-2-3-7-16(14)13-22(12-15-6-4-10-21-11-15)19(23)17-8-9-18(17)20(24)25/h2-7,10-11,17-18H,8-9,12-13H2,1H3,(H,24,25)/t17-,18+/m1/s1. The number of pyridine rings is 1. The lowest BCUT2D eigenvalue weighted by Crippen LogP contribution is -2.45. The number of hydrogen-bond acceptors (Lipinski definition) is 3. The summed E-state index contributed by atoms with van der Waals surface area (Å²) in [6.45, 7) is 2.93. The third-order valence-electron chi connectivity index (χ3n) is 4.94. The fourth-order valence-corrected chi connectivity index (χ4v) is 3.24. The van der Waals surface area contributed by atoms with Crippen LogP contribution in [0.2, 0.25) is 0 Å². The van der Waals surface area contributed by atoms with E-state index in [1.807, 2.05) is 43.3 Å². The van der Waals surface area contributed by atoms with Crippen LogP contribution >= 0.6 is 0 Å². The number of rotatable bonds is 6. The van der Waals surface area contributed by atoms with Gasteiger partial charge in [-0.15, -0.1) is 0 Å². The van der Waals surface area contributed by atoms with Gasteiger partial charge in [-0.2, -0.15) is 0 Å². The van der Waals surface area contributed by atoms with Gasteiger partial charge in [0.2, 0.25) is 5.91 Å². The van der Waals surface area contributed by atoms with Crippen LogP contribution in [-0.4, -0.2) is 26.9 Å². The van der Waals surface area contributed by atoms with Crippen LogP contribution < -0.4 is 0 Å². The van der Waals surface area contributed by atoms with E-state index in [0.29, 0.717) is 25.9 Å². The molecule has 25 heavy (non-hydrogen) atoms. The lowest BCUT2D eigenvalue weighted by atomic mass is 9.73. The van der Waals surface area contributed by atoms with E-state index in [0.717, 1.165) is 16.7 Å². The predicted molar refractivity (Wildman–Crippen MR) is 93.5 cm³/mol. The van der Waals surface area contributed by atoms with E-state index in [4.69, 9.17) is 0 Å². The zero-order valence-corrected chi connectivity index (χ0v) is 14.3. The number of amides is 1. The fourth-order valence-electron chi connectivity index (χ4n) is 3.24. The maximum atomic E-state index is 13.0. The molecule has 1 fully saturated rings. The van der Waals surface area contributed by atoms with E-state index >= 15 is 0 Å². The first-order chi connectivity index (χ1) is 12.1. The lowest BCUT2D eigenvalue weighted by Gasteiger charge is -2.36. The normalized spacial score (nSPS) is 19.1. The molecule has 1 aromatic heterocycles. The number of carbonyl (C=O) groups is 2. The molecule has 1 saturated carbocycles. The first kappa shape index (κ1) is 17.1. The van der Waals surface area contributed by atoms with E-state index in [2.05, 4.69) is 4.98 Å². The number of nitrogens with zero attached hydrogens (tertiary/aromatic N) is 2. The summed E-state index contributed by atoms with van der Waals surface area (Å²) in [5.41, 5.74) is 3.14. The summed E-state index contributed by atoms with van der Waals surface area (Å²) < 4.78 is 0. The van der Waals surface area contributed by atoms with Gasteiger partial charge < -0.3 is 10.0 Å². The zero-order valence-electron chi connectivity index (χ0n) is 14.3. The van der Waals surface area contributed by atoms with Crippen molar-refractivity contribution in [1.82, 2.24) is 9.88 Å². The molecule has 0 bridgehead atoms. The summed E-state index contributed by atoms with van der Waals surface area (Å²) in [5, 5.41) is 9.28. The molecule has 0 radical (unpaired) electrons. The van der Waals surface area contributed by atoms with E-state index in [-0.39, 0.29) is 5.91 Å². The summed E-state index contributed by atoms with van der Waals surface area (Å²) in [7, 11) is 0. The van der Waals surface area contributed by atoms with Crippen LogP contribution in [0.3, 0.4) is 0 Å². The third kappa shape index (κ3) is 3.87. The minimum atomic E-state index is -0.873. The van der Waals surface area contributed by atoms with Crippen LogP contribution in [0.15, 0.2) is 48.8 Å². The molecule has 1 aromatic carbocycles. The van der Waals surface area contributed by atoms with Crippen LogP contribution in [0.1, 0.15) is 29.5 Å². The number of carboxylic acids is 1. The van der Waals surface area contributed by atoms with Gasteiger partial charge in [-0.25, -0.2) is 0 Å². The molecule has 5 heteroatoms. The Morgan fingerprint density at radius 3 is 2.48 bits per heavy atom. The van der Waals surface area contributed by atoms with Gasteiger partial charge in [0.25, 0.3) is 0 Å². The number of aliphatic carboxylic acids is 1. The maximum Gasteiger partial charge on any atom is 0.307 e. The first-order valence-electron chi connectivity index (χ1n) is 8.51. The van der Waals surface area contributed by atoms with Gasteiger partial charge in [-0.3, -0.25) is 14.6 Å². The van der Waals surface area contributed by atoms with Gasteiger partial charge in [0, 0.05) is 25.5 Å². The summed E-state index contributed by atoms with van der Waals surface area (Å²) >= 11 is 0. The molecule has 3 rings (SSSR count). The summed E-state index contributed by atoms with van der Waals surface area (Å²) in [6, 6.07) is 11.7. The van der Waals surface area contributed by atoms with E-state index in [1.54, 1.807) is 17.3 Å². The molecule has 130 valence electrons. The van der Waals surface area contributed by atoms with Crippen LogP contribution in [0, 0.1) is 18.8 Å². The number of aryl methyl sites for hydroxylation is 1. The molecule has 2 aromatic rings. The van der Waals surface area contributed by atoms with Crippen LogP contribution in [0.25, 0.3) is 0 Å². The largest absolute Gasteiger partial charge is 0.481 e. The topological polar surface area (TPSA) is 70.5 Å². The van der Waals surface area contributed by atoms with Crippen LogP contribution in [0.4, 0.5) is 0 Å². The Balaban J connectivity index is 1.82. The molecule has 0 saturated heterocycles. The number of benzene rings is 1. The molecular formula is C20H22N2O3. The minimum Gasteiger partial charge on any atom is -0.481 e. The summed E-state index contributed by atoms with van der Waals surface area (Å²) in [4.78, 5) is 30.2. The van der Waals surface area contributed by atoms with Crippen molar-refractivity contribution in [2.24, 2.45) is 11.8 Å². The second-order valence-corrected chi connectivity index (χ2v) is 6.61. The highest BCUT2D eigenvalue weighted by Crippen LogP contribution is 2.36. The SMILES string of the molecule is Cc1ccccc1CN(Cc1cccnc1)C(=O)[C@@H]1CC[C@@H]1C(=O)O. The Labute approximate surface area is 147 Å². The second kappa shape index (κ2) is 7.47. The van der Waals surface area contributed by atoms with Crippen LogP contribution in [0.5, 0.6) is 0 Å². The Hall–Kier alpha value is -2.69. The molecule has 0 aliphatic heterocycles. The highest BCUT2D eigenvalue weighted by Gasteiger charge is 2.43. The molecule has 1 heterocycles. The number of aromatic nitrogens is 1. The average molecular weight is 338 g/mol. The fraction of sp³-hybridized carbons (Fsp3) is 0.350. The van der Waals surface area contributed by atoms with Crippen molar-refractivity contribution < 1.29 is 14.7 Å². The minimum absolute atomic E-state index is 0.0780. The quantitative estimate of drug-likeness (QED) is 0.879. The number of carboxylic acid groups (broad SMARTS) is 1. The molecule has 0 spiro atoms. The summed E-state index contributed by atoms with van der Waals surface area (Å²) in [6.07, 6.45) is 4.67. The number of hydrogen-bond donors (Lipinski definition) is 1. The zero-order chi connectivity index (χ0) is 17.8. The van der Waals surface area contributed by atoms with Crippen LogP contribution in [-0.2, 0) is 22.7 Å². The van der Waals surface area contributed by atoms with Gasteiger partial charge in [0.05, 0.1) is 11.8 Å². The molecule has 1 N–H and O–H groups in total.